The molecule has 0 aliphatic carbocycles. The van der Waals surface area contributed by atoms with Crippen molar-refractivity contribution in [1.29, 1.82) is 0 Å². The van der Waals surface area contributed by atoms with Gasteiger partial charge in [-0.15, -0.1) is 0 Å². The molecule has 0 bridgehead atoms. The Morgan fingerprint density at radius 2 is 1.65 bits per heavy atom. The molecule has 0 radical (unpaired) electrons. The summed E-state index contributed by atoms with van der Waals surface area (Å²) in [5.74, 6) is 0.969. The number of amides is 2. The van der Waals surface area contributed by atoms with Crippen LogP contribution in [0, 0.1) is 0 Å². The van der Waals surface area contributed by atoms with Crippen LogP contribution in [0.4, 0.5) is 16.2 Å². The quantitative estimate of drug-likeness (QED) is 0.554. The number of nitrogens with zero attached hydrogens (tertiary/aromatic N) is 2. The number of carbonyl (C=O) groups is 1. The third-order valence-corrected chi connectivity index (χ3v) is 7.10. The van der Waals surface area contributed by atoms with Gasteiger partial charge in [-0.3, -0.25) is 4.90 Å². The molecule has 0 N–H and O–H groups in total. The van der Waals surface area contributed by atoms with Gasteiger partial charge in [0.25, 0.3) is 10.0 Å². The number of methoxy groups -OCH3 is 1. The molecule has 3 aromatic rings. The van der Waals surface area contributed by atoms with E-state index in [1.807, 2.05) is 36.4 Å². The maximum atomic E-state index is 13.5. The lowest BCUT2D eigenvalue weighted by Crippen LogP contribution is -2.50. The molecule has 160 valence electrons. The summed E-state index contributed by atoms with van der Waals surface area (Å²) < 4.78 is 33.0. The van der Waals surface area contributed by atoms with Gasteiger partial charge in [0.1, 0.15) is 10.6 Å². The molecule has 6 nitrogen and oxygen atoms in total. The van der Waals surface area contributed by atoms with Crippen molar-refractivity contribution in [2.24, 2.45) is 0 Å². The summed E-state index contributed by atoms with van der Waals surface area (Å²) in [6.07, 6.45) is 0. The maximum Gasteiger partial charge on any atom is 0.343 e. The highest BCUT2D eigenvalue weighted by Gasteiger charge is 2.42. The fraction of sp³-hybridized carbons (Fsp3) is 0.208. The fourth-order valence-corrected chi connectivity index (χ4v) is 5.26. The summed E-state index contributed by atoms with van der Waals surface area (Å²) in [6, 6.07) is 20.4. The molecular weight excluding hydrogens is 412 g/mol. The van der Waals surface area contributed by atoms with Crippen LogP contribution in [0.1, 0.15) is 30.9 Å². The van der Waals surface area contributed by atoms with E-state index in [0.717, 1.165) is 15.4 Å². The van der Waals surface area contributed by atoms with Crippen LogP contribution in [0.2, 0.25) is 0 Å². The number of sulfonamides is 1. The third-order valence-electron chi connectivity index (χ3n) is 5.35. The first-order valence-electron chi connectivity index (χ1n) is 10.0. The van der Waals surface area contributed by atoms with Crippen molar-refractivity contribution < 1.29 is 17.9 Å². The number of carbonyl (C=O) groups excluding carboxylic acids is 1. The van der Waals surface area contributed by atoms with E-state index in [1.165, 1.54) is 11.0 Å². The van der Waals surface area contributed by atoms with Crippen molar-refractivity contribution in [3.63, 3.8) is 0 Å². The summed E-state index contributed by atoms with van der Waals surface area (Å²) in [4.78, 5) is 15.1. The van der Waals surface area contributed by atoms with Crippen LogP contribution < -0.4 is 13.9 Å². The zero-order chi connectivity index (χ0) is 22.2. The number of fused-ring (bicyclic) bond motifs is 1. The van der Waals surface area contributed by atoms with Crippen LogP contribution in [0.5, 0.6) is 5.75 Å². The van der Waals surface area contributed by atoms with E-state index in [2.05, 4.69) is 13.8 Å². The molecule has 7 heteroatoms. The van der Waals surface area contributed by atoms with Gasteiger partial charge in [0.15, 0.2) is 0 Å². The SMILES string of the molecule is COc1cccc(CN2C(=O)N(c3ccc(C(C)C)cc3)S(=O)(=O)c3ccccc32)c1. The van der Waals surface area contributed by atoms with E-state index in [1.54, 1.807) is 37.4 Å². The molecule has 0 aromatic heterocycles. The van der Waals surface area contributed by atoms with Gasteiger partial charge in [0, 0.05) is 0 Å². The number of hydrogen-bond donors (Lipinski definition) is 0. The van der Waals surface area contributed by atoms with Gasteiger partial charge in [-0.25, -0.2) is 13.2 Å². The number of ether oxygens (including phenoxy) is 1. The van der Waals surface area contributed by atoms with Gasteiger partial charge in [0.05, 0.1) is 25.0 Å². The number of hydrogen-bond acceptors (Lipinski definition) is 4. The Balaban J connectivity index is 1.81. The molecule has 1 heterocycles. The fourth-order valence-electron chi connectivity index (χ4n) is 3.66. The van der Waals surface area contributed by atoms with Gasteiger partial charge >= 0.3 is 6.03 Å². The van der Waals surface area contributed by atoms with Gasteiger partial charge < -0.3 is 4.74 Å². The summed E-state index contributed by atoms with van der Waals surface area (Å²) in [7, 11) is -2.46. The minimum absolute atomic E-state index is 0.102. The molecule has 0 atom stereocenters. The first kappa shape index (κ1) is 20.9. The minimum atomic E-state index is -4.04. The van der Waals surface area contributed by atoms with Crippen LogP contribution >= 0.6 is 0 Å². The Bertz CT molecular complexity index is 1220. The van der Waals surface area contributed by atoms with E-state index < -0.39 is 16.1 Å². The summed E-state index contributed by atoms with van der Waals surface area (Å²) in [5.41, 5.74) is 2.58. The average molecular weight is 437 g/mol. The van der Waals surface area contributed by atoms with Crippen LogP contribution in [-0.2, 0) is 16.6 Å². The zero-order valence-electron chi connectivity index (χ0n) is 17.6. The summed E-state index contributed by atoms with van der Waals surface area (Å²) in [6.45, 7) is 4.33. The molecular formula is C24H24N2O4S. The normalized spacial score (nSPS) is 15.2. The molecule has 2 amide bonds. The number of para-hydroxylation sites is 1. The van der Waals surface area contributed by atoms with Crippen LogP contribution in [0.3, 0.4) is 0 Å². The second-order valence-corrected chi connectivity index (χ2v) is 9.46. The highest BCUT2D eigenvalue weighted by molar-refractivity contribution is 7.94. The zero-order valence-corrected chi connectivity index (χ0v) is 18.5. The maximum absolute atomic E-state index is 13.5. The van der Waals surface area contributed by atoms with Crippen molar-refractivity contribution in [3.05, 3.63) is 83.9 Å². The smallest absolute Gasteiger partial charge is 0.343 e. The number of anilines is 2. The predicted octanol–water partition coefficient (Wildman–Crippen LogP) is 5.15. The lowest BCUT2D eigenvalue weighted by molar-refractivity contribution is 0.253. The topological polar surface area (TPSA) is 66.9 Å². The first-order valence-corrected chi connectivity index (χ1v) is 11.5. The van der Waals surface area contributed by atoms with E-state index in [4.69, 9.17) is 4.74 Å². The standard InChI is InChI=1S/C24H24N2O4S/c1-17(2)19-11-13-20(14-12-19)26-24(27)25(16-18-7-6-8-21(15-18)30-3)22-9-4-5-10-23(22)31(26,28)29/h4-15,17H,16H2,1-3H3. The Hall–Kier alpha value is -3.32. The summed E-state index contributed by atoms with van der Waals surface area (Å²) >= 11 is 0. The third kappa shape index (κ3) is 3.77. The number of urea groups is 1. The lowest BCUT2D eigenvalue weighted by Gasteiger charge is -2.36. The molecule has 0 saturated carbocycles. The van der Waals surface area contributed by atoms with E-state index in [-0.39, 0.29) is 11.4 Å². The molecule has 1 aliphatic heterocycles. The second kappa shape index (κ2) is 8.07. The minimum Gasteiger partial charge on any atom is -0.497 e. The van der Waals surface area contributed by atoms with Gasteiger partial charge in [-0.05, 0) is 53.4 Å². The highest BCUT2D eigenvalue weighted by Crippen LogP contribution is 2.38. The number of rotatable bonds is 5. The monoisotopic (exact) mass is 436 g/mol. The van der Waals surface area contributed by atoms with E-state index in [9.17, 15) is 13.2 Å². The molecule has 3 aromatic carbocycles. The molecule has 0 unspecified atom stereocenters. The highest BCUT2D eigenvalue weighted by atomic mass is 32.2. The van der Waals surface area contributed by atoms with Crippen molar-refractivity contribution >= 4 is 27.4 Å². The van der Waals surface area contributed by atoms with Crippen molar-refractivity contribution in [2.45, 2.75) is 31.2 Å². The predicted molar refractivity (Wildman–Crippen MR) is 121 cm³/mol. The van der Waals surface area contributed by atoms with Crippen molar-refractivity contribution in [3.8, 4) is 5.75 Å². The van der Waals surface area contributed by atoms with Gasteiger partial charge in [-0.1, -0.05) is 50.2 Å². The van der Waals surface area contributed by atoms with Crippen LogP contribution in [0.25, 0.3) is 0 Å². The molecule has 0 spiro atoms. The lowest BCUT2D eigenvalue weighted by atomic mass is 10.0. The Morgan fingerprint density at radius 1 is 0.935 bits per heavy atom. The Kier molecular flexibility index (Phi) is 5.45. The summed E-state index contributed by atoms with van der Waals surface area (Å²) in [5, 5.41) is 0. The first-order chi connectivity index (χ1) is 14.8. The van der Waals surface area contributed by atoms with Crippen molar-refractivity contribution in [1.82, 2.24) is 0 Å². The average Bonchev–Trinajstić information content (AvgIpc) is 2.77. The van der Waals surface area contributed by atoms with Gasteiger partial charge in [-0.2, -0.15) is 4.31 Å². The van der Waals surface area contributed by atoms with Crippen LogP contribution in [-0.4, -0.2) is 21.6 Å². The molecule has 4 rings (SSSR count). The van der Waals surface area contributed by atoms with Crippen molar-refractivity contribution in [2.75, 3.05) is 16.3 Å². The molecule has 31 heavy (non-hydrogen) atoms. The Morgan fingerprint density at radius 3 is 2.32 bits per heavy atom. The van der Waals surface area contributed by atoms with E-state index >= 15 is 0 Å². The molecule has 1 aliphatic rings. The molecule has 0 saturated heterocycles. The second-order valence-electron chi connectivity index (χ2n) is 7.70. The molecule has 0 fully saturated rings. The van der Waals surface area contributed by atoms with Crippen LogP contribution in [0.15, 0.2) is 77.7 Å². The van der Waals surface area contributed by atoms with Gasteiger partial charge in [0.2, 0.25) is 0 Å². The largest absolute Gasteiger partial charge is 0.497 e. The van der Waals surface area contributed by atoms with E-state index in [0.29, 0.717) is 23.0 Å². The Labute approximate surface area is 182 Å². The number of benzene rings is 3.